The summed E-state index contributed by atoms with van der Waals surface area (Å²) in [6.07, 6.45) is 3.60. The lowest BCUT2D eigenvalue weighted by atomic mass is 10.2. The normalized spacial score (nSPS) is 23.6. The van der Waals surface area contributed by atoms with Crippen molar-refractivity contribution in [2.75, 3.05) is 57.3 Å². The summed E-state index contributed by atoms with van der Waals surface area (Å²) in [5, 5.41) is 0. The fourth-order valence-corrected chi connectivity index (χ4v) is 3.74. The molecule has 2 aliphatic rings. The summed E-state index contributed by atoms with van der Waals surface area (Å²) >= 11 is 0. The molecule has 8 heteroatoms. The van der Waals surface area contributed by atoms with E-state index in [1.54, 1.807) is 12.7 Å². The summed E-state index contributed by atoms with van der Waals surface area (Å²) in [6, 6.07) is 0.595. The number of aromatic amines is 1. The Morgan fingerprint density at radius 1 is 1.16 bits per heavy atom. The highest BCUT2D eigenvalue weighted by Gasteiger charge is 2.26. The molecular weight excluding hydrogens is 318 g/mol. The van der Waals surface area contributed by atoms with Crippen LogP contribution < -0.4 is 4.90 Å². The Morgan fingerprint density at radius 3 is 2.80 bits per heavy atom. The number of morpholine rings is 1. The minimum atomic E-state index is 0.320. The first-order chi connectivity index (χ1) is 12.2. The topological polar surface area (TPSA) is 73.4 Å². The standard InChI is InChI=1S/C17H27N7O/c1-13(2)24-7-8-25-14(10-24)9-22-3-5-23(6-4-22)17-15-16(19-11-18-15)20-12-21-17/h11-14H,3-10H2,1-2H3,(H,18,19,20,21)/t14-/m1/s1. The maximum atomic E-state index is 5.99. The van der Waals surface area contributed by atoms with Gasteiger partial charge in [0.2, 0.25) is 0 Å². The Morgan fingerprint density at radius 2 is 2.00 bits per heavy atom. The number of hydrogen-bond acceptors (Lipinski definition) is 7. The average molecular weight is 345 g/mol. The number of imidazole rings is 1. The fourth-order valence-electron chi connectivity index (χ4n) is 3.74. The van der Waals surface area contributed by atoms with Crippen LogP contribution in [0, 0.1) is 0 Å². The average Bonchev–Trinajstić information content (AvgIpc) is 3.11. The number of hydrogen-bond donors (Lipinski definition) is 1. The van der Waals surface area contributed by atoms with Crippen molar-refractivity contribution in [1.82, 2.24) is 29.7 Å². The predicted octanol–water partition coefficient (Wildman–Crippen LogP) is 0.584. The van der Waals surface area contributed by atoms with Crippen LogP contribution in [0.25, 0.3) is 11.2 Å². The Bertz CT molecular complexity index is 695. The lowest BCUT2D eigenvalue weighted by Gasteiger charge is -2.40. The van der Waals surface area contributed by atoms with Crippen LogP contribution in [0.2, 0.25) is 0 Å². The van der Waals surface area contributed by atoms with Crippen LogP contribution in [0.4, 0.5) is 5.82 Å². The van der Waals surface area contributed by atoms with Gasteiger partial charge in [-0.05, 0) is 13.8 Å². The van der Waals surface area contributed by atoms with E-state index in [0.717, 1.165) is 69.4 Å². The molecular formula is C17H27N7O. The van der Waals surface area contributed by atoms with E-state index in [-0.39, 0.29) is 0 Å². The van der Waals surface area contributed by atoms with Gasteiger partial charge in [-0.15, -0.1) is 0 Å². The molecule has 2 aromatic heterocycles. The molecule has 0 saturated carbocycles. The largest absolute Gasteiger partial charge is 0.374 e. The second kappa shape index (κ2) is 7.23. The highest BCUT2D eigenvalue weighted by Crippen LogP contribution is 2.21. The van der Waals surface area contributed by atoms with Crippen molar-refractivity contribution in [3.63, 3.8) is 0 Å². The summed E-state index contributed by atoms with van der Waals surface area (Å²) in [5.74, 6) is 0.960. The van der Waals surface area contributed by atoms with Crippen molar-refractivity contribution in [2.45, 2.75) is 26.0 Å². The summed E-state index contributed by atoms with van der Waals surface area (Å²) in [7, 11) is 0. The minimum absolute atomic E-state index is 0.320. The first-order valence-electron chi connectivity index (χ1n) is 9.18. The van der Waals surface area contributed by atoms with Crippen LogP contribution in [0.1, 0.15) is 13.8 Å². The number of nitrogens with zero attached hydrogens (tertiary/aromatic N) is 6. The van der Waals surface area contributed by atoms with Crippen molar-refractivity contribution >= 4 is 17.0 Å². The molecule has 2 saturated heterocycles. The van der Waals surface area contributed by atoms with E-state index in [1.807, 2.05) is 0 Å². The molecule has 4 heterocycles. The molecule has 0 spiro atoms. The molecule has 0 bridgehead atoms. The van der Waals surface area contributed by atoms with Crippen molar-refractivity contribution in [1.29, 1.82) is 0 Å². The molecule has 1 N–H and O–H groups in total. The van der Waals surface area contributed by atoms with Crippen LogP contribution in [-0.2, 0) is 4.74 Å². The molecule has 4 rings (SSSR count). The molecule has 0 unspecified atom stereocenters. The SMILES string of the molecule is CC(C)N1CCO[C@H](CN2CCN(c3ncnc4nc[nH]c34)CC2)C1. The number of fused-ring (bicyclic) bond motifs is 1. The van der Waals surface area contributed by atoms with Gasteiger partial charge in [-0.3, -0.25) is 9.80 Å². The second-order valence-electron chi connectivity index (χ2n) is 7.17. The molecule has 2 fully saturated rings. The van der Waals surface area contributed by atoms with E-state index < -0.39 is 0 Å². The van der Waals surface area contributed by atoms with Gasteiger partial charge in [0, 0.05) is 51.9 Å². The first kappa shape index (κ1) is 16.7. The number of nitrogens with one attached hydrogen (secondary N) is 1. The van der Waals surface area contributed by atoms with Gasteiger partial charge in [0.15, 0.2) is 11.5 Å². The van der Waals surface area contributed by atoms with Crippen LogP contribution >= 0.6 is 0 Å². The molecule has 1 atom stereocenters. The number of H-pyrrole nitrogens is 1. The van der Waals surface area contributed by atoms with Crippen LogP contribution in [0.3, 0.4) is 0 Å². The van der Waals surface area contributed by atoms with Crippen molar-refractivity contribution < 1.29 is 4.74 Å². The lowest BCUT2D eigenvalue weighted by Crippen LogP contribution is -2.53. The van der Waals surface area contributed by atoms with Gasteiger partial charge >= 0.3 is 0 Å². The number of ether oxygens (including phenoxy) is 1. The van der Waals surface area contributed by atoms with Crippen molar-refractivity contribution in [2.24, 2.45) is 0 Å². The molecule has 0 amide bonds. The molecule has 0 radical (unpaired) electrons. The molecule has 0 aliphatic carbocycles. The van der Waals surface area contributed by atoms with E-state index in [9.17, 15) is 0 Å². The zero-order chi connectivity index (χ0) is 17.2. The molecule has 136 valence electrons. The highest BCUT2D eigenvalue weighted by atomic mass is 16.5. The molecule has 25 heavy (non-hydrogen) atoms. The Kier molecular flexibility index (Phi) is 4.82. The Balaban J connectivity index is 1.33. The first-order valence-corrected chi connectivity index (χ1v) is 9.18. The van der Waals surface area contributed by atoms with E-state index in [1.165, 1.54) is 0 Å². The van der Waals surface area contributed by atoms with Gasteiger partial charge in [-0.25, -0.2) is 15.0 Å². The molecule has 0 aromatic carbocycles. The Hall–Kier alpha value is -1.77. The second-order valence-corrected chi connectivity index (χ2v) is 7.17. The van der Waals surface area contributed by atoms with Crippen molar-refractivity contribution in [3.8, 4) is 0 Å². The number of anilines is 1. The molecule has 8 nitrogen and oxygen atoms in total. The van der Waals surface area contributed by atoms with Gasteiger partial charge in [0.25, 0.3) is 0 Å². The monoisotopic (exact) mass is 345 g/mol. The zero-order valence-corrected chi connectivity index (χ0v) is 15.1. The fraction of sp³-hybridized carbons (Fsp3) is 0.706. The van der Waals surface area contributed by atoms with Gasteiger partial charge in [0.05, 0.1) is 19.0 Å². The smallest absolute Gasteiger partial charge is 0.182 e. The van der Waals surface area contributed by atoms with E-state index in [0.29, 0.717) is 12.1 Å². The quantitative estimate of drug-likeness (QED) is 0.869. The highest BCUT2D eigenvalue weighted by molar-refractivity contribution is 5.82. The minimum Gasteiger partial charge on any atom is -0.374 e. The maximum Gasteiger partial charge on any atom is 0.182 e. The summed E-state index contributed by atoms with van der Waals surface area (Å²) in [5.41, 5.74) is 1.66. The third-order valence-electron chi connectivity index (χ3n) is 5.24. The molecule has 2 aliphatic heterocycles. The summed E-state index contributed by atoms with van der Waals surface area (Å²) in [6.45, 7) is 12.5. The third kappa shape index (κ3) is 3.61. The number of piperazine rings is 1. The number of rotatable bonds is 4. The van der Waals surface area contributed by atoms with Gasteiger partial charge < -0.3 is 14.6 Å². The van der Waals surface area contributed by atoms with Gasteiger partial charge in [-0.1, -0.05) is 0 Å². The van der Waals surface area contributed by atoms with Crippen LogP contribution in [-0.4, -0.2) is 94.3 Å². The summed E-state index contributed by atoms with van der Waals surface area (Å²) < 4.78 is 5.99. The Labute approximate surface area is 148 Å². The van der Waals surface area contributed by atoms with Gasteiger partial charge in [-0.2, -0.15) is 0 Å². The van der Waals surface area contributed by atoms with Crippen molar-refractivity contribution in [3.05, 3.63) is 12.7 Å². The lowest BCUT2D eigenvalue weighted by molar-refractivity contribution is -0.0525. The molecule has 2 aromatic rings. The number of aromatic nitrogens is 4. The van der Waals surface area contributed by atoms with E-state index >= 15 is 0 Å². The predicted molar refractivity (Wildman–Crippen MR) is 96.8 cm³/mol. The van der Waals surface area contributed by atoms with E-state index in [2.05, 4.69) is 48.5 Å². The third-order valence-corrected chi connectivity index (χ3v) is 5.24. The van der Waals surface area contributed by atoms with Crippen LogP contribution in [0.15, 0.2) is 12.7 Å². The summed E-state index contributed by atoms with van der Waals surface area (Å²) in [4.78, 5) is 23.4. The maximum absolute atomic E-state index is 5.99. The van der Waals surface area contributed by atoms with E-state index in [4.69, 9.17) is 4.74 Å². The van der Waals surface area contributed by atoms with Crippen LogP contribution in [0.5, 0.6) is 0 Å². The van der Waals surface area contributed by atoms with Gasteiger partial charge in [0.1, 0.15) is 11.8 Å². The zero-order valence-electron chi connectivity index (χ0n) is 15.1.